The largest absolute Gasteiger partial charge is 0.264 e. The molecule has 0 aliphatic heterocycles. The molecule has 2 nitrogen and oxygen atoms in total. The Kier molecular flexibility index (Phi) is 15.9. The maximum absolute atomic E-state index is 3.88. The van der Waals surface area contributed by atoms with Crippen molar-refractivity contribution < 1.29 is 0 Å². The fraction of sp³-hybridized carbons (Fsp3) is 0.375. The lowest BCUT2D eigenvalue weighted by Crippen LogP contribution is -1.69. The van der Waals surface area contributed by atoms with Crippen LogP contribution in [-0.4, -0.2) is 9.97 Å². The number of hydrogen-bond donors (Lipinski definition) is 0. The molecule has 100 valence electrons. The normalized spacial score (nSPS) is 7.44. The van der Waals surface area contributed by atoms with E-state index in [0.717, 1.165) is 0 Å². The van der Waals surface area contributed by atoms with E-state index in [9.17, 15) is 0 Å². The second kappa shape index (κ2) is 15.3. The monoisotopic (exact) mass is 246 g/mol. The number of hydrogen-bond acceptors (Lipinski definition) is 2. The minimum Gasteiger partial charge on any atom is -0.264 e. The van der Waals surface area contributed by atoms with E-state index in [0.29, 0.717) is 0 Å². The Bertz CT molecular complexity index is 306. The summed E-state index contributed by atoms with van der Waals surface area (Å²) in [6.07, 6.45) is 7.21. The zero-order valence-corrected chi connectivity index (χ0v) is 12.5. The van der Waals surface area contributed by atoms with Gasteiger partial charge in [-0.05, 0) is 37.1 Å². The molecule has 0 unspecified atom stereocenters. The maximum Gasteiger partial charge on any atom is 0.0297 e. The zero-order valence-electron chi connectivity index (χ0n) is 12.5. The lowest BCUT2D eigenvalue weighted by atomic mass is 10.3. The van der Waals surface area contributed by atoms with E-state index in [2.05, 4.69) is 9.97 Å². The third kappa shape index (κ3) is 12.4. The second-order valence-electron chi connectivity index (χ2n) is 3.06. The molecular formula is C16H26N2. The van der Waals surface area contributed by atoms with Crippen LogP contribution >= 0.6 is 0 Å². The van der Waals surface area contributed by atoms with E-state index >= 15 is 0 Å². The summed E-state index contributed by atoms with van der Waals surface area (Å²) in [5.41, 5.74) is 2.42. The first-order chi connectivity index (χ1) is 8.79. The van der Waals surface area contributed by atoms with Crippen molar-refractivity contribution in [3.8, 4) is 0 Å². The first-order valence-corrected chi connectivity index (χ1v) is 6.52. The summed E-state index contributed by atoms with van der Waals surface area (Å²) in [6.45, 7) is 12.0. The predicted octanol–water partition coefficient (Wildman–Crippen LogP) is 4.83. The van der Waals surface area contributed by atoms with E-state index in [1.165, 1.54) is 11.1 Å². The summed E-state index contributed by atoms with van der Waals surface area (Å²) in [5, 5.41) is 0. The van der Waals surface area contributed by atoms with Gasteiger partial charge in [0.05, 0.1) is 0 Å². The van der Waals surface area contributed by atoms with Crippen LogP contribution in [0.25, 0.3) is 0 Å². The molecule has 2 aromatic rings. The summed E-state index contributed by atoms with van der Waals surface area (Å²) in [7, 11) is 0. The molecule has 2 heterocycles. The molecule has 0 aromatic carbocycles. The molecule has 0 saturated carbocycles. The van der Waals surface area contributed by atoms with E-state index < -0.39 is 0 Å². The van der Waals surface area contributed by atoms with Crippen molar-refractivity contribution in [2.24, 2.45) is 0 Å². The summed E-state index contributed by atoms with van der Waals surface area (Å²) in [5.74, 6) is 0. The van der Waals surface area contributed by atoms with Gasteiger partial charge in [0.1, 0.15) is 0 Å². The van der Waals surface area contributed by atoms with Gasteiger partial charge in [-0.2, -0.15) is 0 Å². The average molecular weight is 246 g/mol. The lowest BCUT2D eigenvalue weighted by Gasteiger charge is -1.82. The molecule has 0 amide bonds. The molecule has 18 heavy (non-hydrogen) atoms. The predicted molar refractivity (Wildman–Crippen MR) is 80.6 cm³/mol. The highest BCUT2D eigenvalue weighted by molar-refractivity contribution is 5.05. The molecule has 0 N–H and O–H groups in total. The van der Waals surface area contributed by atoms with Gasteiger partial charge in [0.15, 0.2) is 0 Å². The summed E-state index contributed by atoms with van der Waals surface area (Å²) < 4.78 is 0. The Morgan fingerprint density at radius 2 is 1.00 bits per heavy atom. The highest BCUT2D eigenvalue weighted by Crippen LogP contribution is 1.88. The summed E-state index contributed by atoms with van der Waals surface area (Å²) in [6, 6.07) is 7.89. The molecule has 0 saturated heterocycles. The molecule has 0 aliphatic rings. The summed E-state index contributed by atoms with van der Waals surface area (Å²) >= 11 is 0. The van der Waals surface area contributed by atoms with E-state index in [1.807, 2.05) is 78.2 Å². The van der Waals surface area contributed by atoms with Crippen LogP contribution in [-0.2, 0) is 0 Å². The van der Waals surface area contributed by atoms with Gasteiger partial charge in [0, 0.05) is 24.8 Å². The van der Waals surface area contributed by atoms with E-state index in [4.69, 9.17) is 0 Å². The van der Waals surface area contributed by atoms with Crippen molar-refractivity contribution in [2.45, 2.75) is 41.5 Å². The number of aromatic nitrogens is 2. The Labute approximate surface area is 112 Å². The van der Waals surface area contributed by atoms with Crippen LogP contribution in [0.15, 0.2) is 49.1 Å². The van der Waals surface area contributed by atoms with Gasteiger partial charge in [-0.1, -0.05) is 39.8 Å². The van der Waals surface area contributed by atoms with Gasteiger partial charge in [0.25, 0.3) is 0 Å². The van der Waals surface area contributed by atoms with Crippen molar-refractivity contribution in [2.75, 3.05) is 0 Å². The highest BCUT2D eigenvalue weighted by atomic mass is 14.6. The van der Waals surface area contributed by atoms with Crippen LogP contribution < -0.4 is 0 Å². The standard InChI is InChI=1S/2C6H7N.2C2H6/c2*1-6-3-2-4-7-5-6;2*1-2/h2*2-5H,1H3;2*1-2H3. The molecule has 0 fully saturated rings. The SMILES string of the molecule is CC.CC.Cc1cccnc1.Cc1cccnc1. The second-order valence-corrected chi connectivity index (χ2v) is 3.06. The van der Waals surface area contributed by atoms with Crippen LogP contribution in [0, 0.1) is 13.8 Å². The molecule has 0 bridgehead atoms. The minimum absolute atomic E-state index is 1.21. The molecule has 2 heteroatoms. The zero-order chi connectivity index (χ0) is 14.2. The van der Waals surface area contributed by atoms with Gasteiger partial charge < -0.3 is 0 Å². The molecule has 0 radical (unpaired) electrons. The van der Waals surface area contributed by atoms with Crippen LogP contribution in [0.4, 0.5) is 0 Å². The highest BCUT2D eigenvalue weighted by Gasteiger charge is 1.73. The van der Waals surface area contributed by atoms with E-state index in [1.54, 1.807) is 12.4 Å². The van der Waals surface area contributed by atoms with Crippen molar-refractivity contribution in [3.05, 3.63) is 60.2 Å². The average Bonchev–Trinajstić information content (AvgIpc) is 2.46. The molecule has 0 aliphatic carbocycles. The number of rotatable bonds is 0. The third-order valence-corrected chi connectivity index (χ3v) is 1.62. The Hall–Kier alpha value is -1.70. The number of aryl methyl sites for hydroxylation is 2. The van der Waals surface area contributed by atoms with Crippen LogP contribution in [0.2, 0.25) is 0 Å². The fourth-order valence-corrected chi connectivity index (χ4v) is 0.896. The van der Waals surface area contributed by atoms with Gasteiger partial charge in [-0.25, -0.2) is 0 Å². The van der Waals surface area contributed by atoms with Crippen molar-refractivity contribution in [3.63, 3.8) is 0 Å². The minimum atomic E-state index is 1.21. The molecule has 0 spiro atoms. The third-order valence-electron chi connectivity index (χ3n) is 1.62. The van der Waals surface area contributed by atoms with Crippen molar-refractivity contribution in [1.82, 2.24) is 9.97 Å². The van der Waals surface area contributed by atoms with Gasteiger partial charge in [0.2, 0.25) is 0 Å². The van der Waals surface area contributed by atoms with Crippen molar-refractivity contribution >= 4 is 0 Å². The fourth-order valence-electron chi connectivity index (χ4n) is 0.896. The van der Waals surface area contributed by atoms with Crippen LogP contribution in [0.5, 0.6) is 0 Å². The smallest absolute Gasteiger partial charge is 0.0297 e. The Balaban J connectivity index is 0. The lowest BCUT2D eigenvalue weighted by molar-refractivity contribution is 1.27. The van der Waals surface area contributed by atoms with Gasteiger partial charge >= 0.3 is 0 Å². The first kappa shape index (κ1) is 18.7. The van der Waals surface area contributed by atoms with Crippen LogP contribution in [0.1, 0.15) is 38.8 Å². The summed E-state index contributed by atoms with van der Waals surface area (Å²) in [4.78, 5) is 7.77. The van der Waals surface area contributed by atoms with Gasteiger partial charge in [-0.15, -0.1) is 0 Å². The van der Waals surface area contributed by atoms with Crippen LogP contribution in [0.3, 0.4) is 0 Å². The quantitative estimate of drug-likeness (QED) is 0.665. The van der Waals surface area contributed by atoms with E-state index in [-0.39, 0.29) is 0 Å². The number of nitrogens with zero attached hydrogens (tertiary/aromatic N) is 2. The molecule has 0 atom stereocenters. The topological polar surface area (TPSA) is 25.8 Å². The number of pyridine rings is 2. The molecule has 2 rings (SSSR count). The Morgan fingerprint density at radius 1 is 0.667 bits per heavy atom. The van der Waals surface area contributed by atoms with Crippen molar-refractivity contribution in [1.29, 1.82) is 0 Å². The Morgan fingerprint density at radius 3 is 1.11 bits per heavy atom. The first-order valence-electron chi connectivity index (χ1n) is 6.52. The molecular weight excluding hydrogens is 220 g/mol. The van der Waals surface area contributed by atoms with Gasteiger partial charge in [-0.3, -0.25) is 9.97 Å². The maximum atomic E-state index is 3.88. The molecule has 2 aromatic heterocycles.